The van der Waals surface area contributed by atoms with Crippen LogP contribution in [0.4, 0.5) is 9.59 Å². The normalized spacial score (nSPS) is 17.6. The summed E-state index contributed by atoms with van der Waals surface area (Å²) < 4.78 is 10.5. The summed E-state index contributed by atoms with van der Waals surface area (Å²) in [4.78, 5) is 53.8. The molecule has 2 aromatic rings. The molecule has 0 aliphatic carbocycles. The average molecular weight is 573 g/mol. The van der Waals surface area contributed by atoms with Crippen LogP contribution in [-0.2, 0) is 25.5 Å². The highest BCUT2D eigenvalue weighted by molar-refractivity contribution is 5.91. The molecule has 3 rings (SSSR count). The number of alkyl carbamates (subject to hydrolysis) is 2. The summed E-state index contributed by atoms with van der Waals surface area (Å²) in [6.07, 6.45) is 0.492. The van der Waals surface area contributed by atoms with Crippen molar-refractivity contribution in [3.63, 3.8) is 0 Å². The Morgan fingerprint density at radius 1 is 0.951 bits per heavy atom. The Labute approximate surface area is 241 Å². The average Bonchev–Trinajstić information content (AvgIpc) is 3.23. The second-order valence-electron chi connectivity index (χ2n) is 12.3. The Morgan fingerprint density at radius 3 is 2.29 bits per heavy atom. The van der Waals surface area contributed by atoms with E-state index < -0.39 is 47.3 Å². The van der Waals surface area contributed by atoms with Crippen LogP contribution < -0.4 is 26.8 Å². The summed E-state index contributed by atoms with van der Waals surface area (Å²) in [5.41, 5.74) is 6.74. The third-order valence-corrected chi connectivity index (χ3v) is 6.36. The van der Waals surface area contributed by atoms with Crippen LogP contribution in [-0.4, -0.2) is 58.8 Å². The molecule has 0 saturated carbocycles. The lowest BCUT2D eigenvalue weighted by atomic mass is 9.94. The zero-order valence-corrected chi connectivity index (χ0v) is 25.0. The second-order valence-corrected chi connectivity index (χ2v) is 12.3. The van der Waals surface area contributed by atoms with E-state index in [1.54, 1.807) is 41.5 Å². The molecular formula is C29H44N6O6. The van der Waals surface area contributed by atoms with Gasteiger partial charge < -0.3 is 25.1 Å². The summed E-state index contributed by atoms with van der Waals surface area (Å²) in [5.74, 6) is -0.973. The lowest BCUT2D eigenvalue weighted by Crippen LogP contribution is -2.57. The molecular weight excluding hydrogens is 528 g/mol. The van der Waals surface area contributed by atoms with E-state index >= 15 is 0 Å². The number of carbonyl (C=O) groups is 4. The van der Waals surface area contributed by atoms with Crippen molar-refractivity contribution in [3.8, 4) is 0 Å². The number of unbranched alkanes of at least 4 members (excludes halogenated alkanes) is 1. The first-order chi connectivity index (χ1) is 19.1. The zero-order chi connectivity index (χ0) is 30.4. The number of hydrazine groups is 1. The van der Waals surface area contributed by atoms with Gasteiger partial charge in [0, 0.05) is 29.2 Å². The van der Waals surface area contributed by atoms with Gasteiger partial charge in [0.25, 0.3) is 11.8 Å². The van der Waals surface area contributed by atoms with Gasteiger partial charge in [-0.1, -0.05) is 18.2 Å². The molecule has 1 aromatic heterocycles. The number of carbonyl (C=O) groups excluding carboxylic acids is 4. The molecule has 0 fully saturated rings. The van der Waals surface area contributed by atoms with Crippen molar-refractivity contribution in [2.24, 2.45) is 0 Å². The molecule has 2 heterocycles. The van der Waals surface area contributed by atoms with E-state index in [0.717, 1.165) is 22.2 Å². The van der Waals surface area contributed by atoms with Gasteiger partial charge >= 0.3 is 12.2 Å². The molecule has 0 saturated heterocycles. The maximum absolute atomic E-state index is 13.0. The molecule has 12 nitrogen and oxygen atoms in total. The van der Waals surface area contributed by atoms with E-state index in [-0.39, 0.29) is 12.5 Å². The van der Waals surface area contributed by atoms with Crippen LogP contribution >= 0.6 is 0 Å². The van der Waals surface area contributed by atoms with Gasteiger partial charge in [0.05, 0.1) is 6.04 Å². The number of ether oxygens (including phenoxy) is 2. The molecule has 1 aliphatic rings. The lowest BCUT2D eigenvalue weighted by Gasteiger charge is -2.29. The van der Waals surface area contributed by atoms with E-state index in [1.807, 2.05) is 31.2 Å². The third-order valence-electron chi connectivity index (χ3n) is 6.36. The molecule has 0 radical (unpaired) electrons. The van der Waals surface area contributed by atoms with Gasteiger partial charge in [-0.05, 0) is 85.8 Å². The number of benzene rings is 1. The first-order valence-electron chi connectivity index (χ1n) is 14.0. The first kappa shape index (κ1) is 31.7. The Hall–Kier alpha value is -3.80. The number of H-pyrrole nitrogens is 1. The topological polar surface area (TPSA) is 163 Å². The maximum atomic E-state index is 13.0. The predicted octanol–water partition coefficient (Wildman–Crippen LogP) is 3.48. The lowest BCUT2D eigenvalue weighted by molar-refractivity contribution is -0.131. The van der Waals surface area contributed by atoms with Crippen molar-refractivity contribution in [2.45, 2.75) is 103 Å². The first-order valence-corrected chi connectivity index (χ1v) is 14.0. The molecule has 12 heteroatoms. The number of para-hydroxylation sites is 1. The molecule has 1 aliphatic heterocycles. The number of rotatable bonds is 8. The SMILES string of the molecule is C[C@@H]1N[C@H](C(=O)NNC(=O)[C@H](CCCCNC(=O)OC(C)(C)C)NC(=O)OC(C)(C)C)Cc2c1[nH]c1ccccc21. The number of aromatic amines is 1. The predicted molar refractivity (Wildman–Crippen MR) is 155 cm³/mol. The van der Waals surface area contributed by atoms with E-state index in [1.165, 1.54) is 0 Å². The molecule has 4 amide bonds. The van der Waals surface area contributed by atoms with Crippen LogP contribution in [0, 0.1) is 0 Å². The van der Waals surface area contributed by atoms with Gasteiger partial charge in [-0.3, -0.25) is 25.8 Å². The van der Waals surface area contributed by atoms with Crippen molar-refractivity contribution in [3.05, 3.63) is 35.5 Å². The van der Waals surface area contributed by atoms with Gasteiger partial charge in [-0.15, -0.1) is 0 Å². The standard InChI is InChI=1S/C29H44N6O6/c1-17-23-19(18-12-8-9-13-20(18)32-23)16-22(31-17)25(37)35-34-24(36)21(33-27(39)41-29(5,6)7)14-10-11-15-30-26(38)40-28(2,3)4/h8-9,12-13,17,21-22,31-32H,10-11,14-16H2,1-7H3,(H,30,38)(H,33,39)(H,34,36)(H,35,37)/t17-,21-,22-/m0/s1. The fraction of sp³-hybridized carbons (Fsp3) is 0.586. The fourth-order valence-electron chi connectivity index (χ4n) is 4.62. The molecule has 3 atom stereocenters. The van der Waals surface area contributed by atoms with Gasteiger partial charge in [0.1, 0.15) is 17.2 Å². The zero-order valence-electron chi connectivity index (χ0n) is 25.0. The minimum absolute atomic E-state index is 0.0894. The van der Waals surface area contributed by atoms with Gasteiger partial charge in [-0.2, -0.15) is 0 Å². The van der Waals surface area contributed by atoms with Gasteiger partial charge in [-0.25, -0.2) is 9.59 Å². The van der Waals surface area contributed by atoms with Crippen molar-refractivity contribution >= 4 is 34.9 Å². The quantitative estimate of drug-likeness (QED) is 0.208. The molecule has 1 aromatic carbocycles. The van der Waals surface area contributed by atoms with E-state index in [2.05, 4.69) is 31.8 Å². The van der Waals surface area contributed by atoms with E-state index in [0.29, 0.717) is 25.8 Å². The number of hydrogen-bond donors (Lipinski definition) is 6. The largest absolute Gasteiger partial charge is 0.444 e. The van der Waals surface area contributed by atoms with Crippen LogP contribution in [0.5, 0.6) is 0 Å². The molecule has 6 N–H and O–H groups in total. The van der Waals surface area contributed by atoms with Crippen molar-refractivity contribution < 1.29 is 28.7 Å². The van der Waals surface area contributed by atoms with Gasteiger partial charge in [0.15, 0.2) is 0 Å². The number of nitrogens with one attached hydrogen (secondary N) is 6. The van der Waals surface area contributed by atoms with Crippen LogP contribution in [0.25, 0.3) is 10.9 Å². The minimum atomic E-state index is -0.967. The highest BCUT2D eigenvalue weighted by atomic mass is 16.6. The summed E-state index contributed by atoms with van der Waals surface area (Å²) in [6.45, 7) is 12.8. The fourth-order valence-corrected chi connectivity index (χ4v) is 4.62. The van der Waals surface area contributed by atoms with Crippen molar-refractivity contribution in [1.29, 1.82) is 0 Å². The third kappa shape index (κ3) is 9.66. The van der Waals surface area contributed by atoms with E-state index in [4.69, 9.17) is 9.47 Å². The summed E-state index contributed by atoms with van der Waals surface area (Å²) in [6, 6.07) is 6.33. The number of aromatic nitrogens is 1. The molecule has 0 spiro atoms. The Kier molecular flexibility index (Phi) is 10.2. The Morgan fingerprint density at radius 2 is 1.61 bits per heavy atom. The Bertz CT molecular complexity index is 1240. The number of fused-ring (bicyclic) bond motifs is 3. The van der Waals surface area contributed by atoms with Crippen LogP contribution in [0.1, 0.15) is 85.0 Å². The van der Waals surface area contributed by atoms with Crippen molar-refractivity contribution in [2.75, 3.05) is 6.54 Å². The minimum Gasteiger partial charge on any atom is -0.444 e. The van der Waals surface area contributed by atoms with Gasteiger partial charge in [0.2, 0.25) is 0 Å². The summed E-state index contributed by atoms with van der Waals surface area (Å²) >= 11 is 0. The van der Waals surface area contributed by atoms with Crippen molar-refractivity contribution in [1.82, 2.24) is 31.8 Å². The number of hydrogen-bond acceptors (Lipinski definition) is 7. The highest BCUT2D eigenvalue weighted by Gasteiger charge is 2.32. The smallest absolute Gasteiger partial charge is 0.408 e. The molecule has 0 bridgehead atoms. The molecule has 0 unspecified atom stereocenters. The molecule has 41 heavy (non-hydrogen) atoms. The highest BCUT2D eigenvalue weighted by Crippen LogP contribution is 2.31. The van der Waals surface area contributed by atoms with E-state index in [9.17, 15) is 19.2 Å². The van der Waals surface area contributed by atoms with Crippen LogP contribution in [0.15, 0.2) is 24.3 Å². The summed E-state index contributed by atoms with van der Waals surface area (Å²) in [7, 11) is 0. The van der Waals surface area contributed by atoms with Crippen LogP contribution in [0.3, 0.4) is 0 Å². The number of amides is 4. The maximum Gasteiger partial charge on any atom is 0.408 e. The molecule has 226 valence electrons. The Balaban J connectivity index is 1.55. The second kappa shape index (κ2) is 13.2. The summed E-state index contributed by atoms with van der Waals surface area (Å²) in [5, 5.41) is 9.61. The van der Waals surface area contributed by atoms with Crippen LogP contribution in [0.2, 0.25) is 0 Å². The monoisotopic (exact) mass is 572 g/mol.